The summed E-state index contributed by atoms with van der Waals surface area (Å²) < 4.78 is 34.7. The Balaban J connectivity index is 2.30. The maximum Gasteiger partial charge on any atom is 0.132 e. The molecule has 2 aromatic rings. The Hall–Kier alpha value is -2.20. The molecule has 25 heavy (non-hydrogen) atoms. The average Bonchev–Trinajstić information content (AvgIpc) is 2.94. The third-order valence-electron chi connectivity index (χ3n) is 4.91. The van der Waals surface area contributed by atoms with E-state index < -0.39 is 11.6 Å². The van der Waals surface area contributed by atoms with Gasteiger partial charge in [0.25, 0.3) is 0 Å². The highest BCUT2D eigenvalue weighted by atomic mass is 19.1. The molecule has 0 spiro atoms. The van der Waals surface area contributed by atoms with Crippen LogP contribution in [0.15, 0.2) is 36.4 Å². The Morgan fingerprint density at radius 3 is 2.44 bits per heavy atom. The summed E-state index contributed by atoms with van der Waals surface area (Å²) in [4.78, 5) is 0. The fourth-order valence-corrected chi connectivity index (χ4v) is 3.53. The van der Waals surface area contributed by atoms with Crippen molar-refractivity contribution in [2.24, 2.45) is 5.41 Å². The van der Waals surface area contributed by atoms with E-state index in [1.807, 2.05) is 0 Å². The lowest BCUT2D eigenvalue weighted by molar-refractivity contribution is 0.281. The smallest absolute Gasteiger partial charge is 0.132 e. The maximum absolute atomic E-state index is 15.0. The Kier molecular flexibility index (Phi) is 4.65. The number of aliphatic hydroxyl groups excluding tert-OH is 1. The summed E-state index contributed by atoms with van der Waals surface area (Å²) in [6, 6.07) is 7.33. The second-order valence-corrected chi connectivity index (χ2v) is 7.04. The first-order valence-electron chi connectivity index (χ1n) is 8.35. The Labute approximate surface area is 146 Å². The van der Waals surface area contributed by atoms with Crippen molar-refractivity contribution in [2.45, 2.75) is 33.3 Å². The van der Waals surface area contributed by atoms with E-state index in [2.05, 4.69) is 19.9 Å². The van der Waals surface area contributed by atoms with Crippen LogP contribution in [-0.2, 0) is 6.61 Å². The Morgan fingerprint density at radius 1 is 1.08 bits per heavy atom. The molecular weight excluding hydrogens is 322 g/mol. The fourth-order valence-electron chi connectivity index (χ4n) is 3.53. The third kappa shape index (κ3) is 3.19. The van der Waals surface area contributed by atoms with Gasteiger partial charge in [-0.2, -0.15) is 0 Å². The monoisotopic (exact) mass is 344 g/mol. The van der Waals surface area contributed by atoms with Crippen molar-refractivity contribution >= 4 is 5.57 Å². The number of halogens is 2. The van der Waals surface area contributed by atoms with Gasteiger partial charge < -0.3 is 9.84 Å². The minimum Gasteiger partial charge on any atom is -0.497 e. The first-order chi connectivity index (χ1) is 11.9. The van der Waals surface area contributed by atoms with Crippen LogP contribution in [0.1, 0.15) is 37.8 Å². The first-order valence-corrected chi connectivity index (χ1v) is 8.35. The summed E-state index contributed by atoms with van der Waals surface area (Å²) in [7, 11) is 1.49. The van der Waals surface area contributed by atoms with Crippen molar-refractivity contribution in [1.82, 2.24) is 0 Å². The number of allylic oxidation sites excluding steroid dienone is 2. The molecule has 4 heteroatoms. The van der Waals surface area contributed by atoms with Crippen LogP contribution in [0.5, 0.6) is 5.75 Å². The third-order valence-corrected chi connectivity index (χ3v) is 4.91. The average molecular weight is 344 g/mol. The van der Waals surface area contributed by atoms with Gasteiger partial charge in [-0.1, -0.05) is 19.9 Å². The van der Waals surface area contributed by atoms with Gasteiger partial charge in [-0.15, -0.1) is 0 Å². The number of hydrogen-bond acceptors (Lipinski definition) is 2. The van der Waals surface area contributed by atoms with Crippen LogP contribution in [0.3, 0.4) is 0 Å². The minimum atomic E-state index is -0.544. The molecule has 0 aliphatic heterocycles. The number of rotatable bonds is 4. The zero-order valence-corrected chi connectivity index (χ0v) is 14.7. The molecule has 0 unspecified atom stereocenters. The van der Waals surface area contributed by atoms with Crippen LogP contribution in [0, 0.1) is 17.0 Å². The lowest BCUT2D eigenvalue weighted by atomic mass is 9.79. The molecule has 2 aromatic carbocycles. The van der Waals surface area contributed by atoms with E-state index in [0.717, 1.165) is 18.4 Å². The molecule has 0 atom stereocenters. The van der Waals surface area contributed by atoms with Gasteiger partial charge >= 0.3 is 0 Å². The molecule has 0 amide bonds. The maximum atomic E-state index is 15.0. The van der Waals surface area contributed by atoms with E-state index in [1.54, 1.807) is 6.07 Å². The summed E-state index contributed by atoms with van der Waals surface area (Å²) in [5.74, 6) is -0.584. The predicted molar refractivity (Wildman–Crippen MR) is 95.3 cm³/mol. The molecular formula is C21H22F2O2. The summed E-state index contributed by atoms with van der Waals surface area (Å²) >= 11 is 0. The molecule has 0 heterocycles. The topological polar surface area (TPSA) is 29.5 Å². The molecule has 1 aliphatic carbocycles. The summed E-state index contributed by atoms with van der Waals surface area (Å²) in [5, 5.41) is 9.48. The lowest BCUT2D eigenvalue weighted by Crippen LogP contribution is -2.11. The number of methoxy groups -OCH3 is 1. The van der Waals surface area contributed by atoms with Crippen molar-refractivity contribution in [3.8, 4) is 16.9 Å². The van der Waals surface area contributed by atoms with Crippen LogP contribution in [0.2, 0.25) is 0 Å². The van der Waals surface area contributed by atoms with Crippen LogP contribution >= 0.6 is 0 Å². The van der Waals surface area contributed by atoms with Crippen molar-refractivity contribution in [3.63, 3.8) is 0 Å². The predicted octanol–water partition coefficient (Wildman–Crippen LogP) is 5.34. The normalized spacial score (nSPS) is 16.0. The molecule has 0 fully saturated rings. The number of benzene rings is 2. The van der Waals surface area contributed by atoms with Crippen LogP contribution in [0.25, 0.3) is 16.7 Å². The van der Waals surface area contributed by atoms with Gasteiger partial charge in [0.2, 0.25) is 0 Å². The number of hydrogen-bond donors (Lipinski definition) is 1. The van der Waals surface area contributed by atoms with E-state index in [1.165, 1.54) is 31.4 Å². The minimum absolute atomic E-state index is 0.134. The first kappa shape index (κ1) is 17.6. The molecule has 0 bridgehead atoms. The molecule has 0 saturated carbocycles. The van der Waals surface area contributed by atoms with Crippen molar-refractivity contribution in [1.29, 1.82) is 0 Å². The number of aliphatic hydroxyl groups is 1. The van der Waals surface area contributed by atoms with E-state index >= 15 is 0 Å². The number of ether oxygens (including phenoxy) is 1. The summed E-state index contributed by atoms with van der Waals surface area (Å²) in [5.41, 5.74) is 2.35. The quantitative estimate of drug-likeness (QED) is 0.812. The van der Waals surface area contributed by atoms with Gasteiger partial charge in [-0.25, -0.2) is 8.78 Å². The molecule has 0 saturated heterocycles. The van der Waals surface area contributed by atoms with Crippen LogP contribution < -0.4 is 4.74 Å². The summed E-state index contributed by atoms with van der Waals surface area (Å²) in [6.45, 7) is 3.93. The largest absolute Gasteiger partial charge is 0.497 e. The highest BCUT2D eigenvalue weighted by Gasteiger charge is 2.31. The molecule has 0 radical (unpaired) electrons. The molecule has 3 rings (SSSR count). The lowest BCUT2D eigenvalue weighted by Gasteiger charge is -2.26. The van der Waals surface area contributed by atoms with Crippen LogP contribution in [-0.4, -0.2) is 12.2 Å². The molecule has 0 aromatic heterocycles. The molecule has 2 nitrogen and oxygen atoms in total. The van der Waals surface area contributed by atoms with Gasteiger partial charge in [0.15, 0.2) is 0 Å². The second-order valence-electron chi connectivity index (χ2n) is 7.04. The van der Waals surface area contributed by atoms with Gasteiger partial charge in [0.05, 0.1) is 13.7 Å². The van der Waals surface area contributed by atoms with Crippen LogP contribution in [0.4, 0.5) is 8.78 Å². The van der Waals surface area contributed by atoms with E-state index in [4.69, 9.17) is 4.74 Å². The van der Waals surface area contributed by atoms with Crippen molar-refractivity contribution in [3.05, 3.63) is 59.2 Å². The molecule has 1 aliphatic rings. The Morgan fingerprint density at radius 2 is 1.84 bits per heavy atom. The van der Waals surface area contributed by atoms with Gasteiger partial charge in [-0.3, -0.25) is 0 Å². The van der Waals surface area contributed by atoms with E-state index in [-0.39, 0.29) is 23.1 Å². The fraction of sp³-hybridized carbons (Fsp3) is 0.333. The van der Waals surface area contributed by atoms with E-state index in [9.17, 15) is 13.9 Å². The highest BCUT2D eigenvalue weighted by molar-refractivity contribution is 5.85. The van der Waals surface area contributed by atoms with Gasteiger partial charge in [-0.05, 0) is 65.3 Å². The van der Waals surface area contributed by atoms with Gasteiger partial charge in [0, 0.05) is 11.1 Å². The van der Waals surface area contributed by atoms with Crippen molar-refractivity contribution in [2.75, 3.05) is 7.11 Å². The van der Waals surface area contributed by atoms with Gasteiger partial charge in [0.1, 0.15) is 17.4 Å². The van der Waals surface area contributed by atoms with E-state index in [0.29, 0.717) is 16.9 Å². The highest BCUT2D eigenvalue weighted by Crippen LogP contribution is 2.48. The Bertz CT molecular complexity index is 838. The zero-order valence-electron chi connectivity index (χ0n) is 14.7. The molecule has 132 valence electrons. The standard InChI is InChI=1S/C21H22F2O2/c1-21(2)8-4-5-17(21)15-9-13(12-24)10-19(23)20(15)16-11-14(25-3)6-7-18(16)22/h5-7,9-11,24H,4,8,12H2,1-3H3. The summed E-state index contributed by atoms with van der Waals surface area (Å²) in [6.07, 6.45) is 3.93. The van der Waals surface area contributed by atoms with Crippen molar-refractivity contribution < 1.29 is 18.6 Å². The molecule has 1 N–H and O–H groups in total. The zero-order chi connectivity index (χ0) is 18.2. The second kappa shape index (κ2) is 6.60. The SMILES string of the molecule is COc1ccc(F)c(-c2c(F)cc(CO)cc2C2=CCCC2(C)C)c1.